The van der Waals surface area contributed by atoms with Gasteiger partial charge in [0.25, 0.3) is 0 Å². The number of aryl methyl sites for hydroxylation is 1. The highest BCUT2D eigenvalue weighted by molar-refractivity contribution is 14.0. The van der Waals surface area contributed by atoms with E-state index in [2.05, 4.69) is 48.4 Å². The van der Waals surface area contributed by atoms with Crippen LogP contribution in [0.1, 0.15) is 42.9 Å². The maximum atomic E-state index is 9.56. The molecule has 1 fully saturated rings. The Morgan fingerprint density at radius 2 is 2.12 bits per heavy atom. The van der Waals surface area contributed by atoms with Crippen LogP contribution in [-0.4, -0.2) is 60.8 Å². The second-order valence-electron chi connectivity index (χ2n) is 6.95. The maximum absolute atomic E-state index is 9.56. The molecule has 0 aromatic carbocycles. The molecule has 0 aliphatic carbocycles. The Kier molecular flexibility index (Phi) is 11.7. The van der Waals surface area contributed by atoms with E-state index in [0.717, 1.165) is 64.4 Å². The summed E-state index contributed by atoms with van der Waals surface area (Å²) in [5, 5.41) is 16.4. The smallest absolute Gasteiger partial charge is 0.191 e. The predicted octanol–water partition coefficient (Wildman–Crippen LogP) is 3.01. The second kappa shape index (κ2) is 12.9. The van der Waals surface area contributed by atoms with Crippen molar-refractivity contribution < 1.29 is 5.11 Å². The Labute approximate surface area is 179 Å². The highest BCUT2D eigenvalue weighted by Gasteiger charge is 2.16. The Bertz CT molecular complexity index is 529. The summed E-state index contributed by atoms with van der Waals surface area (Å²) in [5.41, 5.74) is 0. The van der Waals surface area contributed by atoms with Gasteiger partial charge in [-0.25, -0.2) is 0 Å². The standard InChI is InChI=1S/C19H34N4OS.HI/c1-4-20-19(22-15(2)14-18-7-6-16(3)25-18)21-10-5-11-23-12-8-17(24)9-13-23;/h6-7,15,17,24H,4-5,8-14H2,1-3H3,(H2,20,21,22);1H. The Morgan fingerprint density at radius 3 is 2.73 bits per heavy atom. The van der Waals surface area contributed by atoms with E-state index in [1.54, 1.807) is 0 Å². The lowest BCUT2D eigenvalue weighted by Crippen LogP contribution is -2.43. The lowest BCUT2D eigenvalue weighted by atomic mass is 10.1. The van der Waals surface area contributed by atoms with Crippen molar-refractivity contribution >= 4 is 41.3 Å². The number of hydrogen-bond donors (Lipinski definition) is 3. The van der Waals surface area contributed by atoms with Crippen LogP contribution >= 0.6 is 35.3 Å². The number of likely N-dealkylation sites (tertiary alicyclic amines) is 1. The minimum absolute atomic E-state index is 0. The first-order chi connectivity index (χ1) is 12.1. The van der Waals surface area contributed by atoms with Crippen molar-refractivity contribution in [1.82, 2.24) is 15.5 Å². The van der Waals surface area contributed by atoms with Crippen molar-refractivity contribution in [3.63, 3.8) is 0 Å². The number of aliphatic hydroxyl groups is 1. The largest absolute Gasteiger partial charge is 0.393 e. The number of piperidine rings is 1. The van der Waals surface area contributed by atoms with Crippen LogP contribution in [0.5, 0.6) is 0 Å². The highest BCUT2D eigenvalue weighted by atomic mass is 127. The van der Waals surface area contributed by atoms with Gasteiger partial charge in [-0.3, -0.25) is 4.99 Å². The quantitative estimate of drug-likeness (QED) is 0.225. The zero-order chi connectivity index (χ0) is 18.1. The van der Waals surface area contributed by atoms with Gasteiger partial charge < -0.3 is 20.6 Å². The predicted molar refractivity (Wildman–Crippen MR) is 123 cm³/mol. The van der Waals surface area contributed by atoms with Crippen LogP contribution in [0.2, 0.25) is 0 Å². The van der Waals surface area contributed by atoms with E-state index < -0.39 is 0 Å². The Morgan fingerprint density at radius 1 is 1.38 bits per heavy atom. The van der Waals surface area contributed by atoms with E-state index in [9.17, 15) is 5.11 Å². The lowest BCUT2D eigenvalue weighted by Gasteiger charge is -2.29. The summed E-state index contributed by atoms with van der Waals surface area (Å²) >= 11 is 1.87. The van der Waals surface area contributed by atoms with Crippen molar-refractivity contribution in [1.29, 1.82) is 0 Å². The average Bonchev–Trinajstić information content (AvgIpc) is 2.98. The van der Waals surface area contributed by atoms with Gasteiger partial charge in [0.1, 0.15) is 0 Å². The number of nitrogens with one attached hydrogen (secondary N) is 2. The van der Waals surface area contributed by atoms with Crippen molar-refractivity contribution in [2.75, 3.05) is 32.7 Å². The maximum Gasteiger partial charge on any atom is 0.191 e. The average molecular weight is 494 g/mol. The van der Waals surface area contributed by atoms with Gasteiger partial charge in [-0.2, -0.15) is 0 Å². The van der Waals surface area contributed by atoms with Gasteiger partial charge in [-0.05, 0) is 58.7 Å². The first-order valence-corrected chi connectivity index (χ1v) is 10.4. The van der Waals surface area contributed by atoms with E-state index in [4.69, 9.17) is 4.99 Å². The molecule has 7 heteroatoms. The molecule has 0 radical (unpaired) electrons. The molecule has 0 amide bonds. The normalized spacial score (nSPS) is 17.6. The van der Waals surface area contributed by atoms with Crippen LogP contribution in [0.4, 0.5) is 0 Å². The number of nitrogens with zero attached hydrogens (tertiary/aromatic N) is 2. The fraction of sp³-hybridized carbons (Fsp3) is 0.737. The SMILES string of the molecule is CCNC(=NCCCN1CCC(O)CC1)NC(C)Cc1ccc(C)s1.I. The van der Waals surface area contributed by atoms with Gasteiger partial charge in [0.05, 0.1) is 6.10 Å². The summed E-state index contributed by atoms with van der Waals surface area (Å²) in [6, 6.07) is 4.77. The molecule has 2 rings (SSSR count). The number of aliphatic imine (C=N–C) groups is 1. The molecular weight excluding hydrogens is 459 g/mol. The van der Waals surface area contributed by atoms with E-state index in [-0.39, 0.29) is 30.1 Å². The van der Waals surface area contributed by atoms with E-state index in [1.165, 1.54) is 9.75 Å². The van der Waals surface area contributed by atoms with Gasteiger partial charge in [0.2, 0.25) is 0 Å². The summed E-state index contributed by atoms with van der Waals surface area (Å²) in [7, 11) is 0. The van der Waals surface area contributed by atoms with Crippen molar-refractivity contribution in [2.45, 2.75) is 58.6 Å². The zero-order valence-corrected chi connectivity index (χ0v) is 19.5. The summed E-state index contributed by atoms with van der Waals surface area (Å²) in [4.78, 5) is 9.94. The third-order valence-corrected chi connectivity index (χ3v) is 5.51. The van der Waals surface area contributed by atoms with E-state index in [1.807, 2.05) is 11.3 Å². The van der Waals surface area contributed by atoms with Crippen molar-refractivity contribution in [3.05, 3.63) is 21.9 Å². The molecule has 1 unspecified atom stereocenters. The highest BCUT2D eigenvalue weighted by Crippen LogP contribution is 2.16. The lowest BCUT2D eigenvalue weighted by molar-refractivity contribution is 0.0824. The molecule has 3 N–H and O–H groups in total. The Balaban J connectivity index is 0.00000338. The fourth-order valence-corrected chi connectivity index (χ4v) is 4.15. The molecule has 1 saturated heterocycles. The monoisotopic (exact) mass is 494 g/mol. The summed E-state index contributed by atoms with van der Waals surface area (Å²) in [5.74, 6) is 0.914. The zero-order valence-electron chi connectivity index (χ0n) is 16.3. The molecule has 2 heterocycles. The van der Waals surface area contributed by atoms with Gasteiger partial charge in [0, 0.05) is 48.4 Å². The Hall–Kier alpha value is -0.380. The molecule has 1 aliphatic heterocycles. The number of aliphatic hydroxyl groups excluding tert-OH is 1. The van der Waals surface area contributed by atoms with Crippen LogP contribution in [0.15, 0.2) is 17.1 Å². The number of guanidine groups is 1. The molecular formula is C19H35IN4OS. The molecule has 0 bridgehead atoms. The van der Waals surface area contributed by atoms with Crippen molar-refractivity contribution in [2.24, 2.45) is 4.99 Å². The van der Waals surface area contributed by atoms with Crippen molar-refractivity contribution in [3.8, 4) is 0 Å². The molecule has 150 valence electrons. The van der Waals surface area contributed by atoms with Crippen LogP contribution in [0, 0.1) is 6.92 Å². The molecule has 1 aliphatic rings. The fourth-order valence-electron chi connectivity index (χ4n) is 3.13. The van der Waals surface area contributed by atoms with Gasteiger partial charge in [-0.15, -0.1) is 35.3 Å². The van der Waals surface area contributed by atoms with Gasteiger partial charge >= 0.3 is 0 Å². The number of hydrogen-bond acceptors (Lipinski definition) is 4. The molecule has 0 spiro atoms. The first-order valence-electron chi connectivity index (χ1n) is 9.57. The van der Waals surface area contributed by atoms with E-state index in [0.29, 0.717) is 6.04 Å². The first kappa shape index (κ1) is 23.7. The topological polar surface area (TPSA) is 59.9 Å². The van der Waals surface area contributed by atoms with Crippen LogP contribution in [-0.2, 0) is 6.42 Å². The third-order valence-electron chi connectivity index (χ3n) is 4.49. The molecule has 26 heavy (non-hydrogen) atoms. The molecule has 1 atom stereocenters. The minimum Gasteiger partial charge on any atom is -0.393 e. The van der Waals surface area contributed by atoms with Gasteiger partial charge in [0.15, 0.2) is 5.96 Å². The van der Waals surface area contributed by atoms with Gasteiger partial charge in [-0.1, -0.05) is 0 Å². The molecule has 0 saturated carbocycles. The summed E-state index contributed by atoms with van der Waals surface area (Å²) in [6.45, 7) is 11.3. The minimum atomic E-state index is -0.0903. The number of thiophene rings is 1. The second-order valence-corrected chi connectivity index (χ2v) is 8.32. The van der Waals surface area contributed by atoms with Crippen LogP contribution in [0.25, 0.3) is 0 Å². The molecule has 5 nitrogen and oxygen atoms in total. The molecule has 1 aromatic heterocycles. The summed E-state index contributed by atoms with van der Waals surface area (Å²) < 4.78 is 0. The van der Waals surface area contributed by atoms with Crippen LogP contribution < -0.4 is 10.6 Å². The third kappa shape index (κ3) is 9.01. The van der Waals surface area contributed by atoms with Crippen LogP contribution in [0.3, 0.4) is 0 Å². The number of halogens is 1. The summed E-state index contributed by atoms with van der Waals surface area (Å²) in [6.07, 6.45) is 3.82. The molecule has 1 aromatic rings. The number of rotatable bonds is 8. The van der Waals surface area contributed by atoms with E-state index >= 15 is 0 Å².